The predicted molar refractivity (Wildman–Crippen MR) is 70.3 cm³/mol. The Hall–Kier alpha value is -0.980. The van der Waals surface area contributed by atoms with Crippen molar-refractivity contribution in [2.45, 2.75) is 31.6 Å². The van der Waals surface area contributed by atoms with E-state index in [4.69, 9.17) is 0 Å². The summed E-state index contributed by atoms with van der Waals surface area (Å²) in [6.45, 7) is 8.60. The van der Waals surface area contributed by atoms with Gasteiger partial charge in [-0.25, -0.2) is 13.2 Å². The molecule has 0 aromatic heterocycles. The minimum atomic E-state index is -1.54. The first kappa shape index (κ1) is 16.1. The molecule has 1 aromatic carbocycles. The highest BCUT2D eigenvalue weighted by molar-refractivity contribution is 7.90. The summed E-state index contributed by atoms with van der Waals surface area (Å²) in [6.07, 6.45) is 1.23. The molecule has 0 heterocycles. The number of hydrogen-bond acceptors (Lipinski definition) is 2. The molecule has 1 N–H and O–H groups in total. The molecule has 0 fully saturated rings. The topological polar surface area (TPSA) is 35.1 Å². The van der Waals surface area contributed by atoms with Crippen LogP contribution in [0.2, 0.25) is 0 Å². The number of halogens is 3. The Kier molecular flexibility index (Phi) is 5.06. The average molecular weight is 291 g/mol. The van der Waals surface area contributed by atoms with Crippen LogP contribution in [0.5, 0.6) is 0 Å². The molecular weight excluding hydrogens is 275 g/mol. The summed E-state index contributed by atoms with van der Waals surface area (Å²) in [5.74, 6) is -3.08. The van der Waals surface area contributed by atoms with Gasteiger partial charge in [-0.2, -0.15) is 0 Å². The fraction of sp³-hybridized carbons (Fsp3) is 0.385. The lowest BCUT2D eigenvalue weighted by Crippen LogP contribution is -2.41. The van der Waals surface area contributed by atoms with Crippen LogP contribution in [-0.2, 0) is 11.4 Å². The molecule has 1 rings (SSSR count). The van der Waals surface area contributed by atoms with E-state index in [0.717, 1.165) is 0 Å². The Morgan fingerprint density at radius 2 is 1.74 bits per heavy atom. The van der Waals surface area contributed by atoms with Crippen LogP contribution >= 0.6 is 0 Å². The van der Waals surface area contributed by atoms with Gasteiger partial charge in [-0.15, -0.1) is 11.3 Å². The van der Waals surface area contributed by atoms with E-state index in [-0.39, 0.29) is 0 Å². The van der Waals surface area contributed by atoms with Gasteiger partial charge in [0.2, 0.25) is 0 Å². The predicted octanol–water partition coefficient (Wildman–Crippen LogP) is 3.38. The molecular formula is C13H16F3NOS. The van der Waals surface area contributed by atoms with E-state index < -0.39 is 45.2 Å². The summed E-state index contributed by atoms with van der Waals surface area (Å²) < 4.78 is 54.0. The van der Waals surface area contributed by atoms with E-state index in [9.17, 15) is 17.7 Å². The Labute approximate surface area is 114 Å². The lowest BCUT2D eigenvalue weighted by Gasteiger charge is -2.27. The van der Waals surface area contributed by atoms with Gasteiger partial charge in [-0.1, -0.05) is 6.08 Å². The molecule has 0 radical (unpaired) electrons. The molecule has 0 aliphatic rings. The van der Waals surface area contributed by atoms with E-state index in [1.165, 1.54) is 6.08 Å². The fourth-order valence-electron chi connectivity index (χ4n) is 1.37. The molecule has 0 amide bonds. The summed E-state index contributed by atoms with van der Waals surface area (Å²) >= 11 is -1.54. The maximum absolute atomic E-state index is 13.6. The highest BCUT2D eigenvalue weighted by Crippen LogP contribution is 2.25. The second-order valence-electron chi connectivity index (χ2n) is 5.00. The zero-order valence-electron chi connectivity index (χ0n) is 11.0. The van der Waals surface area contributed by atoms with Gasteiger partial charge < -0.3 is 4.55 Å². The molecule has 0 aliphatic carbocycles. The highest BCUT2D eigenvalue weighted by Gasteiger charge is 2.31. The number of rotatable bonds is 4. The van der Waals surface area contributed by atoms with Crippen molar-refractivity contribution in [3.8, 4) is 0 Å². The van der Waals surface area contributed by atoms with Crippen LogP contribution in [0.1, 0.15) is 32.4 Å². The molecule has 1 aromatic rings. The van der Waals surface area contributed by atoms with E-state index in [2.05, 4.69) is 11.3 Å². The van der Waals surface area contributed by atoms with Crippen molar-refractivity contribution in [1.29, 1.82) is 0 Å². The Bertz CT molecular complexity index is 450. The van der Waals surface area contributed by atoms with Gasteiger partial charge in [0.05, 0.1) is 0 Å². The van der Waals surface area contributed by atoms with Crippen molar-refractivity contribution in [1.82, 2.24) is 4.72 Å². The second kappa shape index (κ2) is 5.98. The maximum atomic E-state index is 13.6. The van der Waals surface area contributed by atoms with Crippen LogP contribution in [0.15, 0.2) is 24.8 Å². The van der Waals surface area contributed by atoms with Crippen molar-refractivity contribution in [2.24, 2.45) is 0 Å². The third-order valence-electron chi connectivity index (χ3n) is 2.38. The molecule has 0 aliphatic heterocycles. The summed E-state index contributed by atoms with van der Waals surface area (Å²) in [5.41, 5.74) is -0.394. The van der Waals surface area contributed by atoms with E-state index in [0.29, 0.717) is 12.1 Å². The van der Waals surface area contributed by atoms with Crippen LogP contribution in [-0.4, -0.2) is 9.30 Å². The van der Waals surface area contributed by atoms with Crippen molar-refractivity contribution >= 4 is 11.4 Å². The van der Waals surface area contributed by atoms with E-state index in [1.54, 1.807) is 20.8 Å². The van der Waals surface area contributed by atoms with Crippen LogP contribution in [0, 0.1) is 17.5 Å². The normalized spacial score (nSPS) is 15.1. The molecule has 0 saturated carbocycles. The maximum Gasteiger partial charge on any atom is 0.136 e. The lowest BCUT2D eigenvalue weighted by molar-refractivity contribution is 0.500. The second-order valence-corrected chi connectivity index (χ2v) is 6.99. The minimum Gasteiger partial charge on any atom is -0.598 e. The highest BCUT2D eigenvalue weighted by atomic mass is 32.2. The Balaban J connectivity index is 3.08. The van der Waals surface area contributed by atoms with E-state index in [1.807, 2.05) is 0 Å². The van der Waals surface area contributed by atoms with Crippen LogP contribution in [0.4, 0.5) is 13.2 Å². The van der Waals surface area contributed by atoms with Crippen molar-refractivity contribution in [2.75, 3.05) is 0 Å². The average Bonchev–Trinajstić information content (AvgIpc) is 2.24. The van der Waals surface area contributed by atoms with E-state index >= 15 is 0 Å². The third-order valence-corrected chi connectivity index (χ3v) is 3.96. The monoisotopic (exact) mass is 291 g/mol. The number of benzene rings is 1. The first-order valence-corrected chi connectivity index (χ1v) is 6.77. The van der Waals surface area contributed by atoms with Crippen molar-refractivity contribution in [3.63, 3.8) is 0 Å². The van der Waals surface area contributed by atoms with Crippen molar-refractivity contribution < 1.29 is 17.7 Å². The van der Waals surface area contributed by atoms with Crippen LogP contribution in [0.3, 0.4) is 0 Å². The van der Waals surface area contributed by atoms with Gasteiger partial charge in [0.1, 0.15) is 28.2 Å². The summed E-state index contributed by atoms with van der Waals surface area (Å²) in [7, 11) is 0. The fourth-order valence-corrected chi connectivity index (χ4v) is 2.17. The Morgan fingerprint density at radius 3 is 2.11 bits per heavy atom. The number of hydrogen-bond donors (Lipinski definition) is 1. The smallest absolute Gasteiger partial charge is 0.136 e. The van der Waals surface area contributed by atoms with Gasteiger partial charge >= 0.3 is 0 Å². The molecule has 2 atom stereocenters. The third kappa shape index (κ3) is 3.99. The molecule has 0 unspecified atom stereocenters. The molecule has 0 spiro atoms. The first-order chi connectivity index (χ1) is 8.66. The molecule has 106 valence electrons. The minimum absolute atomic E-state index is 0.394. The van der Waals surface area contributed by atoms with Gasteiger partial charge in [0, 0.05) is 29.1 Å². The largest absolute Gasteiger partial charge is 0.598 e. The molecule has 0 saturated heterocycles. The van der Waals surface area contributed by atoms with Gasteiger partial charge in [0.15, 0.2) is 0 Å². The zero-order chi connectivity index (χ0) is 14.8. The molecule has 6 heteroatoms. The molecule has 0 bridgehead atoms. The zero-order valence-corrected chi connectivity index (χ0v) is 11.8. The standard InChI is InChI=1S/C13H16F3NOS/c1-5-11(17-19(18)13(2,3)4)12-9(15)6-8(14)7-10(12)16/h5-7,11,17H,1H2,2-4H3/t11-,19+/m1/s1. The molecule has 2 nitrogen and oxygen atoms in total. The summed E-state index contributed by atoms with van der Waals surface area (Å²) in [4.78, 5) is 0. The van der Waals surface area contributed by atoms with Crippen LogP contribution < -0.4 is 4.72 Å². The van der Waals surface area contributed by atoms with Crippen LogP contribution in [0.25, 0.3) is 0 Å². The Morgan fingerprint density at radius 1 is 1.26 bits per heavy atom. The lowest BCUT2D eigenvalue weighted by atomic mass is 10.1. The van der Waals surface area contributed by atoms with Gasteiger partial charge in [-0.05, 0) is 20.8 Å². The quantitative estimate of drug-likeness (QED) is 0.682. The van der Waals surface area contributed by atoms with Crippen molar-refractivity contribution in [3.05, 3.63) is 47.8 Å². The summed E-state index contributed by atoms with van der Waals surface area (Å²) in [5, 5.41) is 0. The summed E-state index contributed by atoms with van der Waals surface area (Å²) in [6, 6.07) is 0.161. The SMILES string of the molecule is C=C[C@@H](N[S@@+]([O-])C(C)(C)C)c1c(F)cc(F)cc1F. The van der Waals surface area contributed by atoms with Gasteiger partial charge in [-0.3, -0.25) is 0 Å². The van der Waals surface area contributed by atoms with Gasteiger partial charge in [0.25, 0.3) is 0 Å². The molecule has 19 heavy (non-hydrogen) atoms. The first-order valence-electron chi connectivity index (χ1n) is 5.62. The number of nitrogens with one attached hydrogen (secondary N) is 1.